The van der Waals surface area contributed by atoms with Gasteiger partial charge in [0.15, 0.2) is 0 Å². The minimum Gasteiger partial charge on any atom is -1.00 e. The summed E-state index contributed by atoms with van der Waals surface area (Å²) in [6.07, 6.45) is 3.52. The quantitative estimate of drug-likeness (QED) is 0.374. The molecule has 0 saturated carbocycles. The summed E-state index contributed by atoms with van der Waals surface area (Å²) < 4.78 is 12.3. The zero-order chi connectivity index (χ0) is 17.3. The third-order valence-corrected chi connectivity index (χ3v) is 8.92. The summed E-state index contributed by atoms with van der Waals surface area (Å²) in [5.41, 5.74) is 4.08. The van der Waals surface area contributed by atoms with E-state index in [1.807, 2.05) is 25.1 Å². The third-order valence-electron chi connectivity index (χ3n) is 4.60. The van der Waals surface area contributed by atoms with Gasteiger partial charge >= 0.3 is 21.7 Å². The van der Waals surface area contributed by atoms with Crippen molar-refractivity contribution in [1.82, 2.24) is 0 Å². The number of carbonyl (C=O) groups excluding carboxylic acids is 1. The van der Waals surface area contributed by atoms with Crippen LogP contribution >= 0.6 is 0 Å². The number of Topliss-reactive ketones (excluding diaryl/α,β-unsaturated/α-hetero) is 1. The molecule has 0 N–H and O–H groups in total. The average Bonchev–Trinajstić information content (AvgIpc) is 2.92. The van der Waals surface area contributed by atoms with Crippen molar-refractivity contribution in [3.8, 4) is 0 Å². The van der Waals surface area contributed by atoms with E-state index in [-0.39, 0.29) is 52.3 Å². The van der Waals surface area contributed by atoms with Crippen LogP contribution in [0.3, 0.4) is 0 Å². The average molecular weight is 472 g/mol. The number of ketones is 1. The second kappa shape index (κ2) is 8.15. The van der Waals surface area contributed by atoms with Gasteiger partial charge in [0.1, 0.15) is 5.76 Å². The predicted molar refractivity (Wildman–Crippen MR) is 98.9 cm³/mol. The SMILES string of the molecule is CCO[Si]1(C)C2=C1C1=[C-]c3ccccc3C1=C(O[Si](C)(C)C)C2=O.[Cl-].[Cl-].[Ti+3]. The van der Waals surface area contributed by atoms with Crippen LogP contribution in [0, 0.1) is 6.08 Å². The van der Waals surface area contributed by atoms with Crippen molar-refractivity contribution in [1.29, 1.82) is 0 Å². The molecule has 0 spiro atoms. The molecule has 3 aliphatic rings. The van der Waals surface area contributed by atoms with Crippen molar-refractivity contribution < 1.29 is 60.2 Å². The van der Waals surface area contributed by atoms with E-state index < -0.39 is 16.6 Å². The van der Waals surface area contributed by atoms with Crippen LogP contribution in [0.1, 0.15) is 18.1 Å². The fourth-order valence-corrected chi connectivity index (χ4v) is 8.05. The Labute approximate surface area is 190 Å². The Morgan fingerprint density at radius 3 is 2.33 bits per heavy atom. The standard InChI is InChI=1S/C19H21O3Si2.2ClH.Ti/c1-6-21-24(5)18-14-11-12-9-7-8-10-13(12)15(14)17(16(20)19(18)24)22-23(2,3)4;;;/h7-10H,6H2,1-5H3;2*1H;/q-1;;;+3/p-2. The summed E-state index contributed by atoms with van der Waals surface area (Å²) in [5, 5.41) is 2.01. The number of fused-ring (bicyclic) bond motifs is 4. The summed E-state index contributed by atoms with van der Waals surface area (Å²) in [6.45, 7) is 11.1. The van der Waals surface area contributed by atoms with Crippen LogP contribution in [0.4, 0.5) is 0 Å². The number of allylic oxidation sites excluding steroid dienone is 4. The first-order valence-corrected chi connectivity index (χ1v) is 14.2. The van der Waals surface area contributed by atoms with Crippen molar-refractivity contribution in [2.45, 2.75) is 33.1 Å². The van der Waals surface area contributed by atoms with Crippen LogP contribution in [0.25, 0.3) is 5.57 Å². The first kappa shape index (κ1) is 24.6. The Morgan fingerprint density at radius 1 is 1.11 bits per heavy atom. The normalized spacial score (nSPS) is 21.8. The molecule has 0 saturated heterocycles. The Morgan fingerprint density at radius 2 is 1.74 bits per heavy atom. The number of hydrogen-bond donors (Lipinski definition) is 0. The number of rotatable bonds is 4. The number of benzene rings is 1. The summed E-state index contributed by atoms with van der Waals surface area (Å²) in [7, 11) is -4.14. The maximum Gasteiger partial charge on any atom is 3.00 e. The van der Waals surface area contributed by atoms with Crippen LogP contribution in [0.2, 0.25) is 26.2 Å². The third kappa shape index (κ3) is 3.76. The molecule has 1 atom stereocenters. The summed E-state index contributed by atoms with van der Waals surface area (Å²) in [6, 6.07) is 8.11. The molecule has 2 aliphatic carbocycles. The van der Waals surface area contributed by atoms with Crippen LogP contribution in [0.5, 0.6) is 0 Å². The van der Waals surface area contributed by atoms with Crippen molar-refractivity contribution in [2.75, 3.05) is 6.61 Å². The zero-order valence-electron chi connectivity index (χ0n) is 16.0. The molecule has 141 valence electrons. The molecule has 0 fully saturated rings. The molecule has 1 aromatic rings. The number of halogens is 2. The second-order valence-electron chi connectivity index (χ2n) is 7.51. The van der Waals surface area contributed by atoms with E-state index in [1.54, 1.807) is 0 Å². The van der Waals surface area contributed by atoms with Crippen LogP contribution in [0.15, 0.2) is 46.0 Å². The Hall–Kier alpha value is -0.402. The van der Waals surface area contributed by atoms with E-state index in [0.717, 1.165) is 32.7 Å². The fraction of sp³-hybridized carbons (Fsp3) is 0.316. The minimum atomic E-state index is -2.23. The topological polar surface area (TPSA) is 35.5 Å². The van der Waals surface area contributed by atoms with E-state index in [0.29, 0.717) is 12.4 Å². The van der Waals surface area contributed by atoms with E-state index in [1.165, 1.54) is 0 Å². The summed E-state index contributed by atoms with van der Waals surface area (Å²) in [5.74, 6) is 0.573. The molecule has 4 rings (SSSR count). The van der Waals surface area contributed by atoms with Crippen LogP contribution < -0.4 is 24.8 Å². The van der Waals surface area contributed by atoms with Gasteiger partial charge < -0.3 is 33.7 Å². The smallest absolute Gasteiger partial charge is 1.00 e. The Bertz CT molecular complexity index is 887. The largest absolute Gasteiger partial charge is 3.00 e. The van der Waals surface area contributed by atoms with E-state index in [4.69, 9.17) is 8.85 Å². The minimum absolute atomic E-state index is 0. The molecule has 27 heavy (non-hydrogen) atoms. The first-order valence-electron chi connectivity index (χ1n) is 8.39. The van der Waals surface area contributed by atoms with Gasteiger partial charge in [0, 0.05) is 6.61 Å². The molecule has 1 aliphatic heterocycles. The van der Waals surface area contributed by atoms with Gasteiger partial charge in [-0.3, -0.25) is 4.79 Å². The molecule has 3 nitrogen and oxygen atoms in total. The Balaban J connectivity index is 0.00000121. The molecule has 1 aromatic carbocycles. The van der Waals surface area contributed by atoms with Gasteiger partial charge in [-0.15, -0.1) is 28.8 Å². The van der Waals surface area contributed by atoms with Gasteiger partial charge in [0.2, 0.25) is 22.4 Å². The summed E-state index contributed by atoms with van der Waals surface area (Å²) >= 11 is 0. The van der Waals surface area contributed by atoms with Gasteiger partial charge in [-0.2, -0.15) is 0 Å². The zero-order valence-corrected chi connectivity index (χ0v) is 21.1. The van der Waals surface area contributed by atoms with Crippen molar-refractivity contribution >= 4 is 28.0 Å². The molecule has 0 amide bonds. The van der Waals surface area contributed by atoms with E-state index in [2.05, 4.69) is 38.3 Å². The maximum atomic E-state index is 13.2. The van der Waals surface area contributed by atoms with Gasteiger partial charge in [0.05, 0.1) is 0 Å². The maximum absolute atomic E-state index is 13.2. The van der Waals surface area contributed by atoms with E-state index in [9.17, 15) is 4.79 Å². The molecule has 0 aromatic heterocycles. The van der Waals surface area contributed by atoms with Crippen LogP contribution in [-0.4, -0.2) is 29.0 Å². The van der Waals surface area contributed by atoms with Gasteiger partial charge in [0.25, 0.3) is 0 Å². The van der Waals surface area contributed by atoms with Crippen molar-refractivity contribution in [2.24, 2.45) is 0 Å². The van der Waals surface area contributed by atoms with Gasteiger partial charge in [-0.05, 0) is 38.3 Å². The Kier molecular flexibility index (Phi) is 7.43. The van der Waals surface area contributed by atoms with Crippen molar-refractivity contribution in [3.63, 3.8) is 0 Å². The number of carbonyl (C=O) groups is 1. The molecule has 0 bridgehead atoms. The molecule has 1 heterocycles. The first-order chi connectivity index (χ1) is 11.3. The van der Waals surface area contributed by atoms with E-state index >= 15 is 0 Å². The second-order valence-corrected chi connectivity index (χ2v) is 15.3. The fourth-order valence-electron chi connectivity index (χ4n) is 3.68. The summed E-state index contributed by atoms with van der Waals surface area (Å²) in [4.78, 5) is 13.2. The van der Waals surface area contributed by atoms with Gasteiger partial charge in [-0.25, -0.2) is 0 Å². The van der Waals surface area contributed by atoms with Crippen LogP contribution in [-0.2, 0) is 35.4 Å². The molecule has 1 unspecified atom stereocenters. The molecule has 8 heteroatoms. The molecule has 1 radical (unpaired) electrons. The van der Waals surface area contributed by atoms with Crippen molar-refractivity contribution in [3.05, 3.63) is 63.2 Å². The number of hydrogen-bond acceptors (Lipinski definition) is 3. The predicted octanol–water partition coefficient (Wildman–Crippen LogP) is -2.07. The molecular weight excluding hydrogens is 451 g/mol. The monoisotopic (exact) mass is 471 g/mol. The van der Waals surface area contributed by atoms with Gasteiger partial charge in [-0.1, -0.05) is 29.0 Å². The molecular formula is C19H21Cl2O3Si2Ti.